The molecule has 172 valence electrons. The maximum atomic E-state index is 12.8. The molecular formula is C26H25N5O3. The number of benzene rings is 3. The van der Waals surface area contributed by atoms with Crippen molar-refractivity contribution < 1.29 is 14.7 Å². The first kappa shape index (κ1) is 21.8. The quantitative estimate of drug-likeness (QED) is 0.410. The number of H-pyrrole nitrogens is 1. The van der Waals surface area contributed by atoms with E-state index in [0.717, 1.165) is 45.9 Å². The summed E-state index contributed by atoms with van der Waals surface area (Å²) >= 11 is 0. The smallest absolute Gasteiger partial charge is 0.326 e. The van der Waals surface area contributed by atoms with Crippen molar-refractivity contribution in [1.82, 2.24) is 25.5 Å². The minimum absolute atomic E-state index is 0.0917. The van der Waals surface area contributed by atoms with Crippen LogP contribution in [0.5, 0.6) is 0 Å². The van der Waals surface area contributed by atoms with Crippen molar-refractivity contribution in [2.75, 3.05) is 0 Å². The van der Waals surface area contributed by atoms with Gasteiger partial charge in [0.1, 0.15) is 6.04 Å². The summed E-state index contributed by atoms with van der Waals surface area (Å²) < 4.78 is 0. The zero-order valence-corrected chi connectivity index (χ0v) is 18.8. The first-order valence-corrected chi connectivity index (χ1v) is 11.4. The molecule has 0 aliphatic heterocycles. The lowest BCUT2D eigenvalue weighted by atomic mass is 9.96. The minimum Gasteiger partial charge on any atom is -0.480 e. The van der Waals surface area contributed by atoms with Crippen LogP contribution in [0.1, 0.15) is 31.7 Å². The van der Waals surface area contributed by atoms with E-state index in [0.29, 0.717) is 18.2 Å². The van der Waals surface area contributed by atoms with Crippen molar-refractivity contribution in [2.24, 2.45) is 5.92 Å². The second-order valence-electron chi connectivity index (χ2n) is 8.86. The second-order valence-corrected chi connectivity index (χ2v) is 8.86. The van der Waals surface area contributed by atoms with Gasteiger partial charge in [-0.2, -0.15) is 5.21 Å². The SMILES string of the molecule is C[C@@H](C(=O)O)N(Cc1ccc2cc(-c3ccccc3-c3nn[nH]n3)ccc2c1)C(=O)CC1CC1. The Bertz CT molecular complexity index is 1350. The van der Waals surface area contributed by atoms with E-state index in [4.69, 9.17) is 0 Å². The minimum atomic E-state index is -0.991. The maximum Gasteiger partial charge on any atom is 0.326 e. The summed E-state index contributed by atoms with van der Waals surface area (Å²) in [6, 6.07) is 19.2. The fraction of sp³-hybridized carbons (Fsp3) is 0.269. The zero-order chi connectivity index (χ0) is 23.7. The van der Waals surface area contributed by atoms with Crippen LogP contribution in [0, 0.1) is 5.92 Å². The van der Waals surface area contributed by atoms with Gasteiger partial charge in [-0.15, -0.1) is 10.2 Å². The number of carbonyl (C=O) groups is 2. The molecule has 1 aliphatic rings. The fourth-order valence-corrected chi connectivity index (χ4v) is 4.22. The number of nitrogens with one attached hydrogen (secondary N) is 1. The van der Waals surface area contributed by atoms with Crippen LogP contribution in [0.15, 0.2) is 60.7 Å². The molecule has 0 spiro atoms. The van der Waals surface area contributed by atoms with Crippen molar-refractivity contribution in [3.63, 3.8) is 0 Å². The molecule has 5 rings (SSSR count). The monoisotopic (exact) mass is 455 g/mol. The van der Waals surface area contributed by atoms with Crippen LogP contribution in [0.25, 0.3) is 33.3 Å². The highest BCUT2D eigenvalue weighted by molar-refractivity contribution is 5.91. The Morgan fingerprint density at radius 3 is 2.50 bits per heavy atom. The van der Waals surface area contributed by atoms with Crippen molar-refractivity contribution in [1.29, 1.82) is 0 Å². The lowest BCUT2D eigenvalue weighted by molar-refractivity contribution is -0.150. The van der Waals surface area contributed by atoms with Gasteiger partial charge in [0.2, 0.25) is 11.7 Å². The summed E-state index contributed by atoms with van der Waals surface area (Å²) in [5.41, 5.74) is 3.83. The second kappa shape index (κ2) is 9.05. The van der Waals surface area contributed by atoms with Crippen molar-refractivity contribution in [3.05, 3.63) is 66.2 Å². The number of carboxylic acid groups (broad SMARTS) is 1. The molecular weight excluding hydrogens is 430 g/mol. The van der Waals surface area contributed by atoms with E-state index in [9.17, 15) is 14.7 Å². The zero-order valence-electron chi connectivity index (χ0n) is 18.8. The molecule has 2 N–H and O–H groups in total. The van der Waals surface area contributed by atoms with Gasteiger partial charge in [-0.1, -0.05) is 48.5 Å². The number of carboxylic acids is 1. The van der Waals surface area contributed by atoms with E-state index < -0.39 is 12.0 Å². The van der Waals surface area contributed by atoms with Crippen molar-refractivity contribution in [2.45, 2.75) is 38.8 Å². The summed E-state index contributed by atoms with van der Waals surface area (Å²) in [4.78, 5) is 25.9. The van der Waals surface area contributed by atoms with Gasteiger partial charge in [0, 0.05) is 18.5 Å². The highest BCUT2D eigenvalue weighted by Gasteiger charge is 2.31. The van der Waals surface area contributed by atoms with Crippen LogP contribution in [0.3, 0.4) is 0 Å². The number of carbonyl (C=O) groups excluding carboxylic acids is 1. The standard InChI is InChI=1S/C26H25N5O3/c1-16(26(33)34)31(24(32)13-17-6-7-17)15-18-8-9-20-14-21(11-10-19(20)12-18)22-4-2-3-5-23(22)25-27-29-30-28-25/h2-5,8-12,14,16-17H,6-7,13,15H2,1H3,(H,33,34)(H,27,28,29,30)/t16-/m0/s1. The molecule has 4 aromatic rings. The number of amides is 1. The van der Waals surface area contributed by atoms with Crippen LogP contribution in [0.4, 0.5) is 0 Å². The maximum absolute atomic E-state index is 12.8. The summed E-state index contributed by atoms with van der Waals surface area (Å²) in [5.74, 6) is -0.142. The topological polar surface area (TPSA) is 112 Å². The van der Waals surface area contributed by atoms with Gasteiger partial charge in [-0.05, 0) is 70.5 Å². The third kappa shape index (κ3) is 4.52. The van der Waals surface area contributed by atoms with Crippen LogP contribution >= 0.6 is 0 Å². The molecule has 1 aromatic heterocycles. The highest BCUT2D eigenvalue weighted by Crippen LogP contribution is 2.34. The van der Waals surface area contributed by atoms with Crippen molar-refractivity contribution >= 4 is 22.6 Å². The summed E-state index contributed by atoms with van der Waals surface area (Å²) in [6.07, 6.45) is 2.53. The number of hydrogen-bond donors (Lipinski definition) is 2. The van der Waals surface area contributed by atoms with E-state index in [2.05, 4.69) is 26.7 Å². The lowest BCUT2D eigenvalue weighted by Crippen LogP contribution is -2.42. The van der Waals surface area contributed by atoms with E-state index in [-0.39, 0.29) is 12.5 Å². The van der Waals surface area contributed by atoms with Crippen LogP contribution in [-0.2, 0) is 16.1 Å². The number of hydrogen-bond acceptors (Lipinski definition) is 5. The Balaban J connectivity index is 1.43. The van der Waals surface area contributed by atoms with E-state index in [1.807, 2.05) is 54.6 Å². The number of nitrogens with zero attached hydrogens (tertiary/aromatic N) is 4. The lowest BCUT2D eigenvalue weighted by Gasteiger charge is -2.27. The molecule has 1 atom stereocenters. The van der Waals surface area contributed by atoms with Gasteiger partial charge in [0.15, 0.2) is 0 Å². The fourth-order valence-electron chi connectivity index (χ4n) is 4.22. The molecule has 34 heavy (non-hydrogen) atoms. The van der Waals surface area contributed by atoms with E-state index in [1.165, 1.54) is 4.90 Å². The molecule has 1 saturated carbocycles. The average molecular weight is 456 g/mol. The third-order valence-corrected chi connectivity index (χ3v) is 6.39. The number of aromatic nitrogens is 4. The first-order chi connectivity index (χ1) is 16.5. The molecule has 0 saturated heterocycles. The Kier molecular flexibility index (Phi) is 5.79. The number of fused-ring (bicyclic) bond motifs is 1. The van der Waals surface area contributed by atoms with Gasteiger partial charge in [0.05, 0.1) is 0 Å². The number of rotatable bonds is 8. The summed E-state index contributed by atoms with van der Waals surface area (Å²) in [6.45, 7) is 1.85. The predicted octanol–water partition coefficient (Wildman–Crippen LogP) is 4.29. The van der Waals surface area contributed by atoms with E-state index in [1.54, 1.807) is 6.92 Å². The summed E-state index contributed by atoms with van der Waals surface area (Å²) in [7, 11) is 0. The van der Waals surface area contributed by atoms with Crippen LogP contribution < -0.4 is 0 Å². The molecule has 1 heterocycles. The Hall–Kier alpha value is -4.07. The molecule has 1 fully saturated rings. The number of tetrazole rings is 1. The summed E-state index contributed by atoms with van der Waals surface area (Å²) in [5, 5.41) is 26.0. The molecule has 0 radical (unpaired) electrons. The van der Waals surface area contributed by atoms with E-state index >= 15 is 0 Å². The highest BCUT2D eigenvalue weighted by atomic mass is 16.4. The predicted molar refractivity (Wildman–Crippen MR) is 128 cm³/mol. The average Bonchev–Trinajstić information content (AvgIpc) is 3.49. The molecule has 0 unspecified atom stereocenters. The number of aliphatic carboxylic acids is 1. The Morgan fingerprint density at radius 1 is 1.06 bits per heavy atom. The van der Waals surface area contributed by atoms with Crippen LogP contribution in [-0.4, -0.2) is 48.5 Å². The Labute approximate surface area is 196 Å². The molecule has 1 amide bonds. The number of aromatic amines is 1. The molecule has 8 nitrogen and oxygen atoms in total. The Morgan fingerprint density at radius 2 is 1.79 bits per heavy atom. The van der Waals surface area contributed by atoms with Gasteiger partial charge in [-0.3, -0.25) is 4.79 Å². The largest absolute Gasteiger partial charge is 0.480 e. The first-order valence-electron chi connectivity index (χ1n) is 11.4. The van der Waals surface area contributed by atoms with Crippen LogP contribution in [0.2, 0.25) is 0 Å². The molecule has 3 aromatic carbocycles. The molecule has 1 aliphatic carbocycles. The van der Waals surface area contributed by atoms with Gasteiger partial charge in [0.25, 0.3) is 0 Å². The third-order valence-electron chi connectivity index (χ3n) is 6.39. The normalized spacial score (nSPS) is 14.1. The van der Waals surface area contributed by atoms with Gasteiger partial charge in [-0.25, -0.2) is 4.79 Å². The molecule has 0 bridgehead atoms. The molecule has 8 heteroatoms. The van der Waals surface area contributed by atoms with Crippen molar-refractivity contribution in [3.8, 4) is 22.5 Å². The van der Waals surface area contributed by atoms with Gasteiger partial charge < -0.3 is 10.0 Å². The van der Waals surface area contributed by atoms with Gasteiger partial charge >= 0.3 is 5.97 Å².